The van der Waals surface area contributed by atoms with Gasteiger partial charge in [-0.05, 0) is 42.5 Å². The zero-order valence-electron chi connectivity index (χ0n) is 11.1. The van der Waals surface area contributed by atoms with E-state index < -0.39 is 0 Å². The highest BCUT2D eigenvalue weighted by Crippen LogP contribution is 2.32. The second-order valence-electron chi connectivity index (χ2n) is 4.81. The van der Waals surface area contributed by atoms with E-state index in [1.165, 1.54) is 26.3 Å². The number of thiophene rings is 1. The number of aromatic nitrogens is 1. The van der Waals surface area contributed by atoms with E-state index in [1.807, 2.05) is 24.5 Å². The van der Waals surface area contributed by atoms with Crippen LogP contribution in [0.4, 0.5) is 0 Å². The number of hydrogen-bond donors (Lipinski definition) is 1. The van der Waals surface area contributed by atoms with Crippen LogP contribution in [-0.4, -0.2) is 4.98 Å². The van der Waals surface area contributed by atoms with Gasteiger partial charge < -0.3 is 5.73 Å². The van der Waals surface area contributed by atoms with Gasteiger partial charge in [0.05, 0.1) is 6.04 Å². The molecule has 1 aromatic carbocycles. The monoisotopic (exact) mass is 268 g/mol. The first-order valence-electron chi connectivity index (χ1n) is 6.32. The van der Waals surface area contributed by atoms with Crippen LogP contribution in [0.3, 0.4) is 0 Å². The van der Waals surface area contributed by atoms with Gasteiger partial charge in [0.25, 0.3) is 0 Å². The smallest absolute Gasteiger partial charge is 0.0652 e. The average molecular weight is 268 g/mol. The maximum Gasteiger partial charge on any atom is 0.0652 e. The Labute approximate surface area is 116 Å². The minimum absolute atomic E-state index is 0.0662. The maximum atomic E-state index is 6.45. The lowest BCUT2D eigenvalue weighted by atomic mass is 9.99. The second-order valence-corrected chi connectivity index (χ2v) is 6.10. The molecule has 0 amide bonds. The average Bonchev–Trinajstić information content (AvgIpc) is 2.77. The maximum absolute atomic E-state index is 6.45. The van der Waals surface area contributed by atoms with Crippen molar-refractivity contribution in [3.63, 3.8) is 0 Å². The number of nitrogens with two attached hydrogens (primary N) is 1. The van der Waals surface area contributed by atoms with Crippen molar-refractivity contribution in [2.45, 2.75) is 19.9 Å². The van der Waals surface area contributed by atoms with Gasteiger partial charge in [-0.1, -0.05) is 18.2 Å². The zero-order valence-corrected chi connectivity index (χ0v) is 11.9. The minimum atomic E-state index is -0.0662. The quantitative estimate of drug-likeness (QED) is 0.764. The fraction of sp³-hybridized carbons (Fsp3) is 0.188. The molecule has 19 heavy (non-hydrogen) atoms. The van der Waals surface area contributed by atoms with E-state index in [2.05, 4.69) is 37.0 Å². The van der Waals surface area contributed by atoms with Crippen LogP contribution < -0.4 is 5.73 Å². The van der Waals surface area contributed by atoms with Crippen LogP contribution in [0.2, 0.25) is 0 Å². The van der Waals surface area contributed by atoms with Crippen LogP contribution in [0.5, 0.6) is 0 Å². The summed E-state index contributed by atoms with van der Waals surface area (Å²) in [7, 11) is 0. The van der Waals surface area contributed by atoms with Gasteiger partial charge in [-0.25, -0.2) is 0 Å². The second kappa shape index (κ2) is 4.76. The first-order chi connectivity index (χ1) is 9.16. The van der Waals surface area contributed by atoms with E-state index in [4.69, 9.17) is 5.73 Å². The number of pyridine rings is 1. The Morgan fingerprint density at radius 2 is 2.05 bits per heavy atom. The Bertz CT molecular complexity index is 706. The summed E-state index contributed by atoms with van der Waals surface area (Å²) >= 11 is 1.79. The summed E-state index contributed by atoms with van der Waals surface area (Å²) in [5.74, 6) is 0. The fourth-order valence-electron chi connectivity index (χ4n) is 2.33. The molecule has 0 aliphatic rings. The lowest BCUT2D eigenvalue weighted by Crippen LogP contribution is -2.10. The van der Waals surface area contributed by atoms with Crippen LogP contribution in [0, 0.1) is 13.8 Å². The van der Waals surface area contributed by atoms with Gasteiger partial charge in [-0.2, -0.15) is 0 Å². The summed E-state index contributed by atoms with van der Waals surface area (Å²) in [5.41, 5.74) is 8.94. The fourth-order valence-corrected chi connectivity index (χ4v) is 3.39. The van der Waals surface area contributed by atoms with E-state index in [0.717, 1.165) is 5.39 Å². The standard InChI is InChI=1S/C16H16N2S/c1-10-8-15(19-11(10)2)16(17)14-5-3-4-12-9-18-7-6-13(12)14/h3-9,16H,17H2,1-2H3. The third kappa shape index (κ3) is 2.15. The Balaban J connectivity index is 2.13. The minimum Gasteiger partial charge on any atom is -0.320 e. The summed E-state index contributed by atoms with van der Waals surface area (Å²) in [5, 5.41) is 2.33. The van der Waals surface area contributed by atoms with E-state index >= 15 is 0 Å². The summed E-state index contributed by atoms with van der Waals surface area (Å²) in [6, 6.07) is 10.4. The van der Waals surface area contributed by atoms with Crippen LogP contribution in [0.25, 0.3) is 10.8 Å². The van der Waals surface area contributed by atoms with Gasteiger partial charge in [0, 0.05) is 27.5 Å². The first-order valence-corrected chi connectivity index (χ1v) is 7.13. The molecule has 0 aliphatic heterocycles. The summed E-state index contributed by atoms with van der Waals surface area (Å²) in [6.45, 7) is 4.28. The first kappa shape index (κ1) is 12.3. The van der Waals surface area contributed by atoms with Crippen molar-refractivity contribution in [2.75, 3.05) is 0 Å². The third-order valence-electron chi connectivity index (χ3n) is 3.54. The molecule has 0 saturated heterocycles. The molecule has 0 radical (unpaired) electrons. The van der Waals surface area contributed by atoms with Gasteiger partial charge in [0.1, 0.15) is 0 Å². The van der Waals surface area contributed by atoms with Crippen molar-refractivity contribution in [3.8, 4) is 0 Å². The molecule has 0 aliphatic carbocycles. The molecule has 3 heteroatoms. The molecule has 0 saturated carbocycles. The molecule has 2 heterocycles. The predicted molar refractivity (Wildman–Crippen MR) is 81.6 cm³/mol. The third-order valence-corrected chi connectivity index (χ3v) is 4.78. The highest BCUT2D eigenvalue weighted by atomic mass is 32.1. The van der Waals surface area contributed by atoms with E-state index in [1.54, 1.807) is 11.3 Å². The molecule has 2 N–H and O–H groups in total. The molecule has 0 bridgehead atoms. The molecule has 96 valence electrons. The lowest BCUT2D eigenvalue weighted by Gasteiger charge is -2.13. The SMILES string of the molecule is Cc1cc(C(N)c2cccc3cnccc23)sc1C. The predicted octanol–water partition coefficient (Wildman–Crippen LogP) is 3.96. The largest absolute Gasteiger partial charge is 0.320 e. The molecular formula is C16H16N2S. The van der Waals surface area contributed by atoms with Crippen LogP contribution >= 0.6 is 11.3 Å². The van der Waals surface area contributed by atoms with E-state index in [0.29, 0.717) is 0 Å². The Kier molecular flexibility index (Phi) is 3.09. The molecule has 0 spiro atoms. The number of nitrogens with zero attached hydrogens (tertiary/aromatic N) is 1. The summed E-state index contributed by atoms with van der Waals surface area (Å²) in [4.78, 5) is 6.73. The molecule has 1 unspecified atom stereocenters. The normalized spacial score (nSPS) is 12.8. The summed E-state index contributed by atoms with van der Waals surface area (Å²) in [6.07, 6.45) is 3.71. The van der Waals surface area contributed by atoms with Crippen molar-refractivity contribution in [3.05, 3.63) is 63.6 Å². The molecule has 2 aromatic heterocycles. The molecule has 3 rings (SSSR count). The zero-order chi connectivity index (χ0) is 13.4. The summed E-state index contributed by atoms with van der Waals surface area (Å²) < 4.78 is 0. The topological polar surface area (TPSA) is 38.9 Å². The van der Waals surface area contributed by atoms with E-state index in [-0.39, 0.29) is 6.04 Å². The lowest BCUT2D eigenvalue weighted by molar-refractivity contribution is 0.902. The van der Waals surface area contributed by atoms with Crippen LogP contribution in [0.15, 0.2) is 42.7 Å². The van der Waals surface area contributed by atoms with Crippen LogP contribution in [-0.2, 0) is 0 Å². The highest BCUT2D eigenvalue weighted by molar-refractivity contribution is 7.12. The van der Waals surface area contributed by atoms with Gasteiger partial charge in [0.15, 0.2) is 0 Å². The number of fused-ring (bicyclic) bond motifs is 1. The number of hydrogen-bond acceptors (Lipinski definition) is 3. The van der Waals surface area contributed by atoms with Crippen molar-refractivity contribution >= 4 is 22.1 Å². The molecule has 2 nitrogen and oxygen atoms in total. The number of rotatable bonds is 2. The van der Waals surface area contributed by atoms with Crippen LogP contribution in [0.1, 0.15) is 26.9 Å². The van der Waals surface area contributed by atoms with Crippen molar-refractivity contribution in [2.24, 2.45) is 5.73 Å². The van der Waals surface area contributed by atoms with Crippen molar-refractivity contribution in [1.82, 2.24) is 4.98 Å². The van der Waals surface area contributed by atoms with Gasteiger partial charge >= 0.3 is 0 Å². The molecule has 3 aromatic rings. The number of aryl methyl sites for hydroxylation is 2. The van der Waals surface area contributed by atoms with Crippen molar-refractivity contribution in [1.29, 1.82) is 0 Å². The van der Waals surface area contributed by atoms with Gasteiger partial charge in [-0.15, -0.1) is 11.3 Å². The van der Waals surface area contributed by atoms with Gasteiger partial charge in [-0.3, -0.25) is 4.98 Å². The van der Waals surface area contributed by atoms with Crippen molar-refractivity contribution < 1.29 is 0 Å². The molecule has 1 atom stereocenters. The highest BCUT2D eigenvalue weighted by Gasteiger charge is 2.14. The Morgan fingerprint density at radius 1 is 1.21 bits per heavy atom. The Hall–Kier alpha value is -1.71. The van der Waals surface area contributed by atoms with E-state index in [9.17, 15) is 0 Å². The number of benzene rings is 1. The molecule has 0 fully saturated rings. The molecular weight excluding hydrogens is 252 g/mol. The Morgan fingerprint density at radius 3 is 2.79 bits per heavy atom. The van der Waals surface area contributed by atoms with Gasteiger partial charge in [0.2, 0.25) is 0 Å².